The Balaban J connectivity index is 2.15. The number of para-hydroxylation sites is 1. The summed E-state index contributed by atoms with van der Waals surface area (Å²) in [5.41, 5.74) is 0. The molecule has 1 fully saturated rings. The fourth-order valence-electron chi connectivity index (χ4n) is 1.90. The average molecular weight is 312 g/mol. The van der Waals surface area contributed by atoms with E-state index in [4.69, 9.17) is 13.6 Å². The van der Waals surface area contributed by atoms with Crippen molar-refractivity contribution in [3.8, 4) is 5.75 Å². The van der Waals surface area contributed by atoms with Crippen LogP contribution in [0.25, 0.3) is 0 Å². The molecule has 1 aromatic carbocycles. The van der Waals surface area contributed by atoms with Crippen LogP contribution >= 0.6 is 7.82 Å². The summed E-state index contributed by atoms with van der Waals surface area (Å²) in [5, 5.41) is 0. The van der Waals surface area contributed by atoms with Crippen LogP contribution in [0.1, 0.15) is 38.5 Å². The third-order valence-electron chi connectivity index (χ3n) is 2.90. The van der Waals surface area contributed by atoms with Crippen molar-refractivity contribution < 1.29 is 27.7 Å². The maximum Gasteiger partial charge on any atom is 0.651 e. The van der Waals surface area contributed by atoms with E-state index in [2.05, 4.69) is 0 Å². The Hall–Kier alpha value is -1.81. The molecule has 1 saturated heterocycles. The van der Waals surface area contributed by atoms with E-state index in [1.54, 1.807) is 18.2 Å². The molecule has 0 radical (unpaired) electrons. The summed E-state index contributed by atoms with van der Waals surface area (Å²) >= 11 is 0. The van der Waals surface area contributed by atoms with Crippen LogP contribution in [0.4, 0.5) is 0 Å². The van der Waals surface area contributed by atoms with E-state index >= 15 is 0 Å². The van der Waals surface area contributed by atoms with E-state index in [1.807, 2.05) is 0 Å². The van der Waals surface area contributed by atoms with E-state index in [-0.39, 0.29) is 18.6 Å². The fourth-order valence-corrected chi connectivity index (χ4v) is 3.07. The predicted molar refractivity (Wildman–Crippen MR) is 74.6 cm³/mol. The van der Waals surface area contributed by atoms with Crippen molar-refractivity contribution in [1.29, 1.82) is 0 Å². The molecule has 0 aromatic heterocycles. The Bertz CT molecular complexity index is 516. The van der Waals surface area contributed by atoms with E-state index in [0.29, 0.717) is 12.8 Å². The first-order valence-electron chi connectivity index (χ1n) is 6.87. The van der Waals surface area contributed by atoms with Crippen LogP contribution in [0.5, 0.6) is 5.75 Å². The number of hydrogen-bond donors (Lipinski definition) is 0. The van der Waals surface area contributed by atoms with Crippen molar-refractivity contribution in [2.75, 3.05) is 0 Å². The van der Waals surface area contributed by atoms with Crippen molar-refractivity contribution in [2.45, 2.75) is 38.5 Å². The standard InChI is InChI=1S/C14H17O6P/c15-13-10-6-1-2-7-11-14(16)20-21(17,19-13)18-12-8-4-3-5-9-12/h3-5,8-9H,1-2,6-7,10-11H2. The van der Waals surface area contributed by atoms with Crippen LogP contribution in [-0.4, -0.2) is 11.9 Å². The minimum absolute atomic E-state index is 0.125. The molecule has 1 heterocycles. The van der Waals surface area contributed by atoms with Crippen LogP contribution in [0.15, 0.2) is 30.3 Å². The molecule has 0 amide bonds. The Morgan fingerprint density at radius 2 is 1.38 bits per heavy atom. The maximum atomic E-state index is 12.5. The minimum atomic E-state index is -4.28. The molecule has 114 valence electrons. The van der Waals surface area contributed by atoms with Crippen LogP contribution < -0.4 is 4.52 Å². The molecule has 0 N–H and O–H groups in total. The molecule has 1 aliphatic rings. The number of benzene rings is 1. The highest BCUT2D eigenvalue weighted by Gasteiger charge is 2.37. The minimum Gasteiger partial charge on any atom is -0.386 e. The van der Waals surface area contributed by atoms with Gasteiger partial charge in [-0.3, -0.25) is 9.59 Å². The van der Waals surface area contributed by atoms with Gasteiger partial charge in [0.25, 0.3) is 0 Å². The molecule has 0 saturated carbocycles. The van der Waals surface area contributed by atoms with Crippen LogP contribution in [-0.2, 0) is 23.2 Å². The van der Waals surface area contributed by atoms with Crippen molar-refractivity contribution in [3.63, 3.8) is 0 Å². The summed E-state index contributed by atoms with van der Waals surface area (Å²) in [4.78, 5) is 23.3. The summed E-state index contributed by atoms with van der Waals surface area (Å²) in [6.45, 7) is 0. The Labute approximate surface area is 123 Å². The molecular formula is C14H17O6P. The zero-order valence-electron chi connectivity index (χ0n) is 11.5. The van der Waals surface area contributed by atoms with Gasteiger partial charge in [-0.25, -0.2) is 0 Å². The molecule has 0 bridgehead atoms. The quantitative estimate of drug-likeness (QED) is 0.776. The van der Waals surface area contributed by atoms with Crippen molar-refractivity contribution in [2.24, 2.45) is 0 Å². The molecule has 6 nitrogen and oxygen atoms in total. The Morgan fingerprint density at radius 1 is 0.857 bits per heavy atom. The third-order valence-corrected chi connectivity index (χ3v) is 4.19. The lowest BCUT2D eigenvalue weighted by Gasteiger charge is -2.16. The van der Waals surface area contributed by atoms with Gasteiger partial charge < -0.3 is 13.6 Å². The molecule has 0 unspecified atom stereocenters. The van der Waals surface area contributed by atoms with Gasteiger partial charge in [0.1, 0.15) is 5.75 Å². The smallest absolute Gasteiger partial charge is 0.386 e. The van der Waals surface area contributed by atoms with Gasteiger partial charge in [-0.05, 0) is 25.0 Å². The van der Waals surface area contributed by atoms with Gasteiger partial charge in [0.15, 0.2) is 0 Å². The Kier molecular flexibility index (Phi) is 5.39. The molecule has 0 spiro atoms. The van der Waals surface area contributed by atoms with Crippen LogP contribution in [0.3, 0.4) is 0 Å². The van der Waals surface area contributed by atoms with E-state index in [1.165, 1.54) is 12.1 Å². The van der Waals surface area contributed by atoms with Crippen LogP contribution in [0, 0.1) is 0 Å². The fraction of sp³-hybridized carbons (Fsp3) is 0.429. The maximum absolute atomic E-state index is 12.5. The lowest BCUT2D eigenvalue weighted by atomic mass is 10.1. The van der Waals surface area contributed by atoms with Crippen LogP contribution in [0.2, 0.25) is 0 Å². The molecule has 1 aliphatic heterocycles. The van der Waals surface area contributed by atoms with Gasteiger partial charge in [-0.15, -0.1) is 0 Å². The topological polar surface area (TPSA) is 78.9 Å². The zero-order valence-corrected chi connectivity index (χ0v) is 12.4. The summed E-state index contributed by atoms with van der Waals surface area (Å²) in [5.74, 6) is -1.18. The Morgan fingerprint density at radius 3 is 1.90 bits per heavy atom. The lowest BCUT2D eigenvalue weighted by molar-refractivity contribution is -0.140. The number of phosphoric acid groups is 1. The molecule has 2 rings (SSSR count). The second-order valence-electron chi connectivity index (χ2n) is 4.69. The number of rotatable bonds is 2. The van der Waals surface area contributed by atoms with Gasteiger partial charge in [0, 0.05) is 12.8 Å². The lowest BCUT2D eigenvalue weighted by Crippen LogP contribution is -2.12. The van der Waals surface area contributed by atoms with Gasteiger partial charge in [-0.1, -0.05) is 31.0 Å². The molecule has 0 aliphatic carbocycles. The first-order chi connectivity index (χ1) is 10.1. The molecule has 21 heavy (non-hydrogen) atoms. The van der Waals surface area contributed by atoms with E-state index < -0.39 is 19.8 Å². The van der Waals surface area contributed by atoms with Gasteiger partial charge in [0.05, 0.1) is 0 Å². The second kappa shape index (κ2) is 7.27. The first-order valence-corrected chi connectivity index (χ1v) is 8.33. The third kappa shape index (κ3) is 5.23. The molecule has 0 atom stereocenters. The van der Waals surface area contributed by atoms with Gasteiger partial charge in [0.2, 0.25) is 0 Å². The highest BCUT2D eigenvalue weighted by atomic mass is 31.2. The summed E-state index contributed by atoms with van der Waals surface area (Å²) in [6.07, 6.45) is 3.12. The largest absolute Gasteiger partial charge is 0.651 e. The average Bonchev–Trinajstić information content (AvgIpc) is 2.44. The molecule has 7 heteroatoms. The first kappa shape index (κ1) is 15.6. The summed E-state index contributed by atoms with van der Waals surface area (Å²) in [6, 6.07) is 8.14. The normalized spacial score (nSPS) is 19.8. The number of hydrogen-bond acceptors (Lipinski definition) is 6. The van der Waals surface area contributed by atoms with Crippen molar-refractivity contribution in [3.05, 3.63) is 30.3 Å². The molecule has 1 aromatic rings. The number of carbonyl (C=O) groups is 2. The highest BCUT2D eigenvalue weighted by molar-refractivity contribution is 7.50. The predicted octanol–water partition coefficient (Wildman–Crippen LogP) is 3.61. The van der Waals surface area contributed by atoms with Crippen molar-refractivity contribution >= 4 is 19.8 Å². The second-order valence-corrected chi connectivity index (χ2v) is 6.13. The molecular weight excluding hydrogens is 295 g/mol. The number of phosphoric ester groups is 1. The number of carbonyl (C=O) groups excluding carboxylic acids is 2. The highest BCUT2D eigenvalue weighted by Crippen LogP contribution is 2.50. The monoisotopic (exact) mass is 312 g/mol. The van der Waals surface area contributed by atoms with E-state index in [9.17, 15) is 14.2 Å². The van der Waals surface area contributed by atoms with Crippen molar-refractivity contribution in [1.82, 2.24) is 0 Å². The summed E-state index contributed by atoms with van der Waals surface area (Å²) < 4.78 is 27.2. The SMILES string of the molecule is O=C1CCCCCCC(=O)OP(=O)(Oc2ccccc2)O1. The van der Waals surface area contributed by atoms with Gasteiger partial charge in [-0.2, -0.15) is 4.57 Å². The summed E-state index contributed by atoms with van der Waals surface area (Å²) in [7, 11) is -4.28. The van der Waals surface area contributed by atoms with Gasteiger partial charge >= 0.3 is 19.8 Å². The van der Waals surface area contributed by atoms with E-state index in [0.717, 1.165) is 12.8 Å². The zero-order chi connectivity index (χ0) is 15.1.